The van der Waals surface area contributed by atoms with Crippen LogP contribution in [0.25, 0.3) is 0 Å². The molecule has 0 heterocycles. The van der Waals surface area contributed by atoms with Crippen molar-refractivity contribution in [3.8, 4) is 11.5 Å². The highest BCUT2D eigenvalue weighted by Crippen LogP contribution is 2.29. The van der Waals surface area contributed by atoms with E-state index in [1.807, 2.05) is 18.0 Å². The van der Waals surface area contributed by atoms with Gasteiger partial charge in [0.15, 0.2) is 17.5 Å². The summed E-state index contributed by atoms with van der Waals surface area (Å²) in [5.41, 5.74) is 0.784. The first-order valence-electron chi connectivity index (χ1n) is 7.66. The highest BCUT2D eigenvalue weighted by Gasteiger charge is 2.12. The Morgan fingerprint density at radius 1 is 1.40 bits per heavy atom. The molecule has 1 rings (SSSR count). The van der Waals surface area contributed by atoms with Crippen LogP contribution in [0.2, 0.25) is 0 Å². The van der Waals surface area contributed by atoms with Crippen molar-refractivity contribution in [3.05, 3.63) is 36.4 Å². The van der Waals surface area contributed by atoms with Gasteiger partial charge in [0.2, 0.25) is 0 Å². The van der Waals surface area contributed by atoms with Crippen LogP contribution in [0.4, 0.5) is 8.78 Å². The molecule has 0 fully saturated rings. The minimum atomic E-state index is -2.90. The third-order valence-electron chi connectivity index (χ3n) is 3.37. The SMILES string of the molecule is C=CCCCN(C)C(=NC)NCc1ccc(OC)c(OC(F)F)c1.I. The standard InChI is InChI=1S/C17H25F2N3O2.HI/c1-5-6-7-10-22(3)17(20-2)21-12-13-8-9-14(23-4)15(11-13)24-16(18)19;/h5,8-9,11,16H,1,6-7,10,12H2,2-4H3,(H,20,21);1H. The Morgan fingerprint density at radius 2 is 2.12 bits per heavy atom. The predicted octanol–water partition coefficient (Wildman–Crippen LogP) is 3.89. The van der Waals surface area contributed by atoms with E-state index in [0.717, 1.165) is 30.9 Å². The van der Waals surface area contributed by atoms with Crippen molar-refractivity contribution in [1.82, 2.24) is 10.2 Å². The molecule has 1 N–H and O–H groups in total. The summed E-state index contributed by atoms with van der Waals surface area (Å²) in [4.78, 5) is 6.22. The first kappa shape index (κ1) is 23.4. The molecule has 0 aliphatic heterocycles. The Balaban J connectivity index is 0.00000576. The lowest BCUT2D eigenvalue weighted by Gasteiger charge is -2.22. The number of ether oxygens (including phenoxy) is 2. The van der Waals surface area contributed by atoms with Crippen LogP contribution in [0, 0.1) is 0 Å². The number of hydrogen-bond donors (Lipinski definition) is 1. The first-order chi connectivity index (χ1) is 11.5. The Kier molecular flexibility index (Phi) is 11.9. The summed E-state index contributed by atoms with van der Waals surface area (Å²) >= 11 is 0. The molecule has 0 bridgehead atoms. The topological polar surface area (TPSA) is 46.1 Å². The molecule has 0 aromatic heterocycles. The third kappa shape index (κ3) is 8.37. The number of alkyl halides is 2. The summed E-state index contributed by atoms with van der Waals surface area (Å²) in [7, 11) is 5.05. The number of nitrogens with zero attached hydrogens (tertiary/aromatic N) is 2. The monoisotopic (exact) mass is 469 g/mol. The van der Waals surface area contributed by atoms with Gasteiger partial charge in [-0.15, -0.1) is 30.6 Å². The Bertz CT molecular complexity index is 557. The van der Waals surface area contributed by atoms with Crippen LogP contribution >= 0.6 is 24.0 Å². The predicted molar refractivity (Wildman–Crippen MR) is 107 cm³/mol. The highest BCUT2D eigenvalue weighted by molar-refractivity contribution is 14.0. The van der Waals surface area contributed by atoms with Gasteiger partial charge < -0.3 is 19.7 Å². The van der Waals surface area contributed by atoms with E-state index in [1.165, 1.54) is 13.2 Å². The summed E-state index contributed by atoms with van der Waals surface area (Å²) < 4.78 is 34.4. The molecule has 0 saturated carbocycles. The van der Waals surface area contributed by atoms with Crippen molar-refractivity contribution >= 4 is 29.9 Å². The third-order valence-corrected chi connectivity index (χ3v) is 3.37. The maximum absolute atomic E-state index is 12.5. The smallest absolute Gasteiger partial charge is 0.387 e. The molecule has 0 amide bonds. The molecule has 25 heavy (non-hydrogen) atoms. The lowest BCUT2D eigenvalue weighted by Crippen LogP contribution is -2.38. The highest BCUT2D eigenvalue weighted by atomic mass is 127. The van der Waals surface area contributed by atoms with E-state index in [4.69, 9.17) is 4.74 Å². The first-order valence-corrected chi connectivity index (χ1v) is 7.66. The minimum absolute atomic E-state index is 0. The van der Waals surface area contributed by atoms with E-state index in [1.54, 1.807) is 19.2 Å². The fraction of sp³-hybridized carbons (Fsp3) is 0.471. The number of aliphatic imine (C=N–C) groups is 1. The molecule has 0 radical (unpaired) electrons. The molecule has 1 aromatic carbocycles. The van der Waals surface area contributed by atoms with Crippen molar-refractivity contribution in [2.24, 2.45) is 4.99 Å². The zero-order valence-electron chi connectivity index (χ0n) is 14.8. The summed E-state index contributed by atoms with van der Waals surface area (Å²) in [5, 5.41) is 3.20. The zero-order chi connectivity index (χ0) is 17.9. The number of methoxy groups -OCH3 is 1. The van der Waals surface area contributed by atoms with Gasteiger partial charge in [-0.25, -0.2) is 0 Å². The number of allylic oxidation sites excluding steroid dienone is 1. The molecule has 0 unspecified atom stereocenters. The second kappa shape index (κ2) is 12.7. The molecule has 142 valence electrons. The van der Waals surface area contributed by atoms with Gasteiger partial charge in [-0.05, 0) is 30.5 Å². The molecule has 1 aromatic rings. The normalized spacial score (nSPS) is 10.9. The van der Waals surface area contributed by atoms with Gasteiger partial charge in [0.05, 0.1) is 7.11 Å². The van der Waals surface area contributed by atoms with Crippen LogP contribution < -0.4 is 14.8 Å². The molecular weight excluding hydrogens is 443 g/mol. The zero-order valence-corrected chi connectivity index (χ0v) is 17.1. The van der Waals surface area contributed by atoms with Gasteiger partial charge >= 0.3 is 6.61 Å². The Hall–Kier alpha value is -1.58. The fourth-order valence-electron chi connectivity index (χ4n) is 2.16. The van der Waals surface area contributed by atoms with E-state index in [0.29, 0.717) is 6.54 Å². The Labute approximate surface area is 165 Å². The van der Waals surface area contributed by atoms with E-state index in [9.17, 15) is 8.78 Å². The number of nitrogens with one attached hydrogen (secondary N) is 1. The maximum Gasteiger partial charge on any atom is 0.387 e. The molecule has 0 atom stereocenters. The Morgan fingerprint density at radius 3 is 2.68 bits per heavy atom. The van der Waals surface area contributed by atoms with Gasteiger partial charge in [-0.2, -0.15) is 8.78 Å². The molecular formula is C17H26F2IN3O2. The van der Waals surface area contributed by atoms with Gasteiger partial charge in [0.1, 0.15) is 0 Å². The van der Waals surface area contributed by atoms with Crippen molar-refractivity contribution < 1.29 is 18.3 Å². The van der Waals surface area contributed by atoms with E-state index in [2.05, 4.69) is 21.6 Å². The number of halogens is 3. The lowest BCUT2D eigenvalue weighted by molar-refractivity contribution is -0.0512. The maximum atomic E-state index is 12.5. The second-order valence-corrected chi connectivity index (χ2v) is 5.12. The second-order valence-electron chi connectivity index (χ2n) is 5.12. The van der Waals surface area contributed by atoms with E-state index >= 15 is 0 Å². The number of guanidine groups is 1. The van der Waals surface area contributed by atoms with Crippen LogP contribution in [-0.4, -0.2) is 45.2 Å². The number of hydrogen-bond acceptors (Lipinski definition) is 3. The van der Waals surface area contributed by atoms with Gasteiger partial charge in [0.25, 0.3) is 0 Å². The molecule has 5 nitrogen and oxygen atoms in total. The average molecular weight is 469 g/mol. The summed E-state index contributed by atoms with van der Waals surface area (Å²) in [5.74, 6) is 1.01. The molecule has 0 saturated heterocycles. The van der Waals surface area contributed by atoms with Crippen LogP contribution in [0.3, 0.4) is 0 Å². The van der Waals surface area contributed by atoms with Crippen molar-refractivity contribution in [3.63, 3.8) is 0 Å². The van der Waals surface area contributed by atoms with Gasteiger partial charge in [0, 0.05) is 27.2 Å². The quantitative estimate of drug-likeness (QED) is 0.196. The van der Waals surface area contributed by atoms with Crippen molar-refractivity contribution in [2.75, 3.05) is 27.7 Å². The number of benzene rings is 1. The van der Waals surface area contributed by atoms with Crippen LogP contribution in [0.15, 0.2) is 35.8 Å². The minimum Gasteiger partial charge on any atom is -0.493 e. The van der Waals surface area contributed by atoms with E-state index in [-0.39, 0.29) is 35.5 Å². The number of rotatable bonds is 9. The fourth-order valence-corrected chi connectivity index (χ4v) is 2.16. The van der Waals surface area contributed by atoms with Gasteiger partial charge in [-0.3, -0.25) is 4.99 Å². The van der Waals surface area contributed by atoms with Gasteiger partial charge in [-0.1, -0.05) is 12.1 Å². The van der Waals surface area contributed by atoms with Crippen LogP contribution in [0.5, 0.6) is 11.5 Å². The van der Waals surface area contributed by atoms with Crippen molar-refractivity contribution in [1.29, 1.82) is 0 Å². The molecule has 0 aliphatic rings. The lowest BCUT2D eigenvalue weighted by atomic mass is 10.2. The van der Waals surface area contributed by atoms with Crippen LogP contribution in [0.1, 0.15) is 18.4 Å². The van der Waals surface area contributed by atoms with E-state index < -0.39 is 6.61 Å². The van der Waals surface area contributed by atoms with Crippen molar-refractivity contribution in [2.45, 2.75) is 26.0 Å². The largest absolute Gasteiger partial charge is 0.493 e. The summed E-state index contributed by atoms with van der Waals surface area (Å²) in [6.07, 6.45) is 3.80. The number of unbranched alkanes of at least 4 members (excludes halogenated alkanes) is 1. The summed E-state index contributed by atoms with van der Waals surface area (Å²) in [6, 6.07) is 4.92. The molecule has 8 heteroatoms. The molecule has 0 aliphatic carbocycles. The average Bonchev–Trinajstić information content (AvgIpc) is 2.55. The summed E-state index contributed by atoms with van der Waals surface area (Å²) in [6.45, 7) is 2.08. The van der Waals surface area contributed by atoms with Crippen LogP contribution in [-0.2, 0) is 6.54 Å². The molecule has 0 spiro atoms.